The molecule has 11 heteroatoms. The van der Waals surface area contributed by atoms with Crippen LogP contribution in [0.5, 0.6) is 0 Å². The van der Waals surface area contributed by atoms with E-state index in [0.717, 1.165) is 41.7 Å². The number of alkyl halides is 3. The molecule has 1 aromatic heterocycles. The average molecular weight is 532 g/mol. The van der Waals surface area contributed by atoms with Crippen LogP contribution in [0, 0.1) is 0 Å². The lowest BCUT2D eigenvalue weighted by atomic mass is 10.1. The highest BCUT2D eigenvalue weighted by atomic mass is 35.5. The Morgan fingerprint density at radius 3 is 2.72 bits per heavy atom. The fourth-order valence-corrected chi connectivity index (χ4v) is 6.37. The second-order valence-electron chi connectivity index (χ2n) is 9.37. The van der Waals surface area contributed by atoms with Crippen molar-refractivity contribution >= 4 is 51.4 Å². The first-order valence-corrected chi connectivity index (χ1v) is 12.7. The second-order valence-corrected chi connectivity index (χ2v) is 10.8. The summed E-state index contributed by atoms with van der Waals surface area (Å²) in [6, 6.07) is 10.2. The number of hydrogen-bond acceptors (Lipinski definition) is 5. The molecule has 0 aliphatic carbocycles. The van der Waals surface area contributed by atoms with E-state index in [-0.39, 0.29) is 23.0 Å². The third kappa shape index (κ3) is 4.21. The topological polar surface area (TPSA) is 53.7 Å². The first kappa shape index (κ1) is 23.6. The molecule has 0 N–H and O–H groups in total. The van der Waals surface area contributed by atoms with Crippen LogP contribution in [0.4, 0.5) is 13.2 Å². The van der Waals surface area contributed by atoms with Crippen LogP contribution in [-0.4, -0.2) is 62.9 Å². The number of fused-ring (bicyclic) bond motifs is 3. The average Bonchev–Trinajstić information content (AvgIpc) is 3.58. The summed E-state index contributed by atoms with van der Waals surface area (Å²) >= 11 is 7.20. The number of rotatable bonds is 3. The predicted molar refractivity (Wildman–Crippen MR) is 135 cm³/mol. The third-order valence-electron chi connectivity index (χ3n) is 7.03. The number of hydrogen-bond donors (Lipinski definition) is 0. The summed E-state index contributed by atoms with van der Waals surface area (Å²) in [4.78, 5) is 22.0. The van der Waals surface area contributed by atoms with Crippen molar-refractivity contribution in [1.82, 2.24) is 19.6 Å². The summed E-state index contributed by atoms with van der Waals surface area (Å²) in [5.74, 6) is -0.246. The molecule has 2 fully saturated rings. The molecule has 36 heavy (non-hydrogen) atoms. The molecule has 6 nitrogen and oxygen atoms in total. The van der Waals surface area contributed by atoms with Gasteiger partial charge in [-0.25, -0.2) is 0 Å². The van der Waals surface area contributed by atoms with Crippen molar-refractivity contribution in [2.24, 2.45) is 4.99 Å². The van der Waals surface area contributed by atoms with E-state index in [1.165, 1.54) is 28.6 Å². The van der Waals surface area contributed by atoms with E-state index < -0.39 is 11.7 Å². The largest absolute Gasteiger partial charge is 0.416 e. The van der Waals surface area contributed by atoms with Crippen molar-refractivity contribution in [3.05, 3.63) is 69.2 Å². The van der Waals surface area contributed by atoms with Gasteiger partial charge in [-0.15, -0.1) is 0 Å². The molecule has 0 spiro atoms. The van der Waals surface area contributed by atoms with Gasteiger partial charge in [-0.3, -0.25) is 14.4 Å². The number of piperazine rings is 1. The number of nitrogens with zero attached hydrogens (tertiary/aromatic N) is 5. The molecule has 3 aromatic rings. The monoisotopic (exact) mass is 531 g/mol. The van der Waals surface area contributed by atoms with Gasteiger partial charge >= 0.3 is 6.18 Å². The minimum absolute atomic E-state index is 0.0325. The van der Waals surface area contributed by atoms with E-state index in [9.17, 15) is 18.0 Å². The quantitative estimate of drug-likeness (QED) is 0.439. The van der Waals surface area contributed by atoms with Crippen molar-refractivity contribution in [1.29, 1.82) is 0 Å². The van der Waals surface area contributed by atoms with Crippen LogP contribution in [0.3, 0.4) is 0 Å². The Morgan fingerprint density at radius 2 is 2.00 bits per heavy atom. The highest BCUT2D eigenvalue weighted by molar-refractivity contribution is 8.18. The van der Waals surface area contributed by atoms with E-state index in [1.807, 2.05) is 18.2 Å². The van der Waals surface area contributed by atoms with E-state index in [1.54, 1.807) is 12.3 Å². The molecule has 3 aliphatic rings. The van der Waals surface area contributed by atoms with Gasteiger partial charge in [0.05, 0.1) is 28.7 Å². The maximum absolute atomic E-state index is 13.5. The number of aromatic nitrogens is 2. The second kappa shape index (κ2) is 8.64. The number of carbonyl (C=O) groups is 1. The Hall–Kier alpha value is -2.82. The van der Waals surface area contributed by atoms with Crippen molar-refractivity contribution < 1.29 is 18.0 Å². The number of amidine groups is 1. The van der Waals surface area contributed by atoms with Gasteiger partial charge in [-0.2, -0.15) is 23.3 Å². The summed E-state index contributed by atoms with van der Waals surface area (Å²) in [7, 11) is 2.13. The van der Waals surface area contributed by atoms with Crippen molar-refractivity contribution in [2.45, 2.75) is 31.2 Å². The lowest BCUT2D eigenvalue weighted by Crippen LogP contribution is -2.46. The fraction of sp³-hybridized carbons (Fsp3) is 0.320. The number of thioether (sulfide) groups is 1. The summed E-state index contributed by atoms with van der Waals surface area (Å²) < 4.78 is 42.0. The minimum atomic E-state index is -4.51. The van der Waals surface area contributed by atoms with Crippen molar-refractivity contribution in [3.8, 4) is 0 Å². The molecule has 0 saturated carbocycles. The molecular weight excluding hydrogens is 511 g/mol. The Morgan fingerprint density at radius 1 is 1.17 bits per heavy atom. The highest BCUT2D eigenvalue weighted by Gasteiger charge is 2.44. The number of carbonyl (C=O) groups excluding carboxylic acids is 1. The Labute approximate surface area is 214 Å². The molecule has 2 atom stereocenters. The van der Waals surface area contributed by atoms with Crippen LogP contribution in [-0.2, 0) is 17.5 Å². The first-order chi connectivity index (χ1) is 17.2. The van der Waals surface area contributed by atoms with E-state index in [0.29, 0.717) is 22.5 Å². The number of halogens is 4. The van der Waals surface area contributed by atoms with Gasteiger partial charge in [0, 0.05) is 35.6 Å². The van der Waals surface area contributed by atoms with E-state index >= 15 is 0 Å². The van der Waals surface area contributed by atoms with Crippen LogP contribution in [0.15, 0.2) is 52.5 Å². The Bertz CT molecular complexity index is 1450. The van der Waals surface area contributed by atoms with Crippen molar-refractivity contribution in [3.63, 3.8) is 0 Å². The van der Waals surface area contributed by atoms with Crippen LogP contribution in [0.2, 0.25) is 5.02 Å². The normalized spacial score (nSPS) is 23.5. The minimum Gasteiger partial charge on any atom is -0.345 e. The van der Waals surface area contributed by atoms with Gasteiger partial charge in [0.25, 0.3) is 5.91 Å². The number of aliphatic imine (C=N–C) groups is 1. The molecule has 6 rings (SSSR count). The standard InChI is InChI=1S/C25H21ClF3N5OS/c1-32-12-19-9-18(32)13-33(19)24-31-23(35)22(36-24)7-14-2-5-21-16(6-14)10-30-34(21)11-15-3-4-17(26)8-20(15)25(27,28)29/h2-8,10,18-19H,9,11-13H2,1H3/t18-,19-/m0/s1. The third-order valence-corrected chi connectivity index (χ3v) is 8.29. The van der Waals surface area contributed by atoms with Crippen molar-refractivity contribution in [2.75, 3.05) is 20.1 Å². The number of amides is 1. The Kier molecular flexibility index (Phi) is 5.66. The fourth-order valence-electron chi connectivity index (χ4n) is 5.21. The van der Waals surface area contributed by atoms with E-state index in [4.69, 9.17) is 11.6 Å². The van der Waals surface area contributed by atoms with Gasteiger partial charge in [-0.05, 0) is 66.7 Å². The maximum Gasteiger partial charge on any atom is 0.416 e. The van der Waals surface area contributed by atoms with Gasteiger partial charge < -0.3 is 4.90 Å². The number of likely N-dealkylation sites (N-methyl/N-ethyl adjacent to an activating group) is 1. The number of likely N-dealkylation sites (tertiary alicyclic amines) is 2. The predicted octanol–water partition coefficient (Wildman–Crippen LogP) is 5.12. The molecule has 2 aromatic carbocycles. The van der Waals surface area contributed by atoms with Gasteiger partial charge in [0.2, 0.25) is 0 Å². The molecule has 186 valence electrons. The van der Waals surface area contributed by atoms with Crippen LogP contribution < -0.4 is 0 Å². The number of benzene rings is 2. The molecular formula is C25H21ClF3N5OS. The summed E-state index contributed by atoms with van der Waals surface area (Å²) in [5.41, 5.74) is 0.812. The zero-order valence-electron chi connectivity index (χ0n) is 19.2. The molecule has 2 bridgehead atoms. The van der Waals surface area contributed by atoms with Gasteiger partial charge in [0.1, 0.15) is 0 Å². The van der Waals surface area contributed by atoms with Crippen LogP contribution >= 0.6 is 23.4 Å². The van der Waals surface area contributed by atoms with Crippen LogP contribution in [0.25, 0.3) is 17.0 Å². The molecule has 0 radical (unpaired) electrons. The molecule has 2 saturated heterocycles. The first-order valence-electron chi connectivity index (χ1n) is 11.5. The Balaban J connectivity index is 1.22. The summed E-state index contributed by atoms with van der Waals surface area (Å²) in [6.07, 6.45) is 0.00909. The van der Waals surface area contributed by atoms with Gasteiger partial charge in [-0.1, -0.05) is 23.7 Å². The zero-order valence-corrected chi connectivity index (χ0v) is 20.7. The van der Waals surface area contributed by atoms with Gasteiger partial charge in [0.15, 0.2) is 5.17 Å². The lowest BCUT2D eigenvalue weighted by molar-refractivity contribution is -0.138. The summed E-state index contributed by atoms with van der Waals surface area (Å²) in [6.45, 7) is 1.83. The summed E-state index contributed by atoms with van der Waals surface area (Å²) in [5, 5.41) is 5.87. The lowest BCUT2D eigenvalue weighted by Gasteiger charge is -2.32. The zero-order chi connectivity index (χ0) is 25.2. The molecule has 3 aliphatic heterocycles. The molecule has 1 amide bonds. The maximum atomic E-state index is 13.5. The SMILES string of the molecule is CN1C[C@@H]2C[C@H]1CN2C1=NC(=O)C(=Cc2ccc3c(cnn3Cc3ccc(Cl)cc3C(F)(F)F)c2)S1. The molecule has 4 heterocycles. The molecule has 0 unspecified atom stereocenters. The van der Waals surface area contributed by atoms with E-state index in [2.05, 4.69) is 26.9 Å². The van der Waals surface area contributed by atoms with Crippen LogP contribution in [0.1, 0.15) is 23.1 Å². The smallest absolute Gasteiger partial charge is 0.345 e. The highest BCUT2D eigenvalue weighted by Crippen LogP contribution is 2.38.